The largest absolute Gasteiger partial charge is 0.419 e. The molecule has 0 spiro atoms. The number of nitrogens with two attached hydrogens (primary N) is 1. The van der Waals surface area contributed by atoms with Gasteiger partial charge in [0, 0.05) is 16.9 Å². The van der Waals surface area contributed by atoms with Gasteiger partial charge in [-0.3, -0.25) is 4.68 Å². The van der Waals surface area contributed by atoms with E-state index in [-0.39, 0.29) is 6.54 Å². The van der Waals surface area contributed by atoms with E-state index in [4.69, 9.17) is 17.3 Å². The molecule has 0 radical (unpaired) electrons. The van der Waals surface area contributed by atoms with E-state index < -0.39 is 11.7 Å². The van der Waals surface area contributed by atoms with Gasteiger partial charge in [-0.15, -0.1) is 0 Å². The minimum atomic E-state index is -4.39. The molecule has 96 valence electrons. The van der Waals surface area contributed by atoms with Crippen LogP contribution in [0.3, 0.4) is 0 Å². The van der Waals surface area contributed by atoms with Gasteiger partial charge in [-0.2, -0.15) is 18.3 Å². The first-order valence-corrected chi connectivity index (χ1v) is 5.37. The number of alkyl halides is 3. The van der Waals surface area contributed by atoms with Gasteiger partial charge >= 0.3 is 6.18 Å². The standard InChI is InChI=1S/C11H9ClF3N3/c12-9-1-2-10(16)7(3-9)5-18-6-8(4-17-18)11(13,14)15/h1-4,6H,5,16H2. The van der Waals surface area contributed by atoms with E-state index in [1.54, 1.807) is 18.2 Å². The van der Waals surface area contributed by atoms with Crippen molar-refractivity contribution in [1.29, 1.82) is 0 Å². The van der Waals surface area contributed by atoms with Crippen molar-refractivity contribution < 1.29 is 13.2 Å². The first-order valence-electron chi connectivity index (χ1n) is 5.00. The average molecular weight is 276 g/mol. The quantitative estimate of drug-likeness (QED) is 0.856. The molecule has 2 aromatic rings. The number of nitrogen functional groups attached to an aromatic ring is 1. The van der Waals surface area contributed by atoms with Gasteiger partial charge in [0.1, 0.15) is 0 Å². The molecule has 2 rings (SSSR count). The van der Waals surface area contributed by atoms with Crippen LogP contribution in [0.4, 0.5) is 18.9 Å². The Labute approximate surface area is 106 Å². The van der Waals surface area contributed by atoms with Crippen molar-refractivity contribution in [2.45, 2.75) is 12.7 Å². The Morgan fingerprint density at radius 2 is 2.06 bits per heavy atom. The summed E-state index contributed by atoms with van der Waals surface area (Å²) in [6.07, 6.45) is -2.68. The molecule has 1 heterocycles. The van der Waals surface area contributed by atoms with Crippen molar-refractivity contribution in [3.8, 4) is 0 Å². The zero-order valence-corrected chi connectivity index (χ0v) is 9.83. The predicted molar refractivity (Wildman–Crippen MR) is 62.2 cm³/mol. The summed E-state index contributed by atoms with van der Waals surface area (Å²) in [6.45, 7) is 0.141. The Hall–Kier alpha value is -1.69. The second-order valence-corrected chi connectivity index (χ2v) is 4.20. The molecule has 0 unspecified atom stereocenters. The summed E-state index contributed by atoms with van der Waals surface area (Å²) in [4.78, 5) is 0. The van der Waals surface area contributed by atoms with Crippen LogP contribution in [0.1, 0.15) is 11.1 Å². The van der Waals surface area contributed by atoms with E-state index in [0.29, 0.717) is 16.3 Å². The van der Waals surface area contributed by atoms with Gasteiger partial charge in [-0.25, -0.2) is 0 Å². The second kappa shape index (κ2) is 4.53. The third kappa shape index (κ3) is 2.76. The number of hydrogen-bond acceptors (Lipinski definition) is 2. The molecule has 0 fully saturated rings. The van der Waals surface area contributed by atoms with Crippen LogP contribution in [0.15, 0.2) is 30.6 Å². The fourth-order valence-electron chi connectivity index (χ4n) is 1.48. The monoisotopic (exact) mass is 275 g/mol. The molecule has 0 aliphatic heterocycles. The van der Waals surface area contributed by atoms with Crippen molar-refractivity contribution in [3.63, 3.8) is 0 Å². The minimum Gasteiger partial charge on any atom is -0.398 e. The number of anilines is 1. The van der Waals surface area contributed by atoms with Gasteiger partial charge in [0.25, 0.3) is 0 Å². The molecule has 1 aromatic carbocycles. The topological polar surface area (TPSA) is 43.8 Å². The van der Waals surface area contributed by atoms with Gasteiger partial charge in [-0.1, -0.05) is 11.6 Å². The smallest absolute Gasteiger partial charge is 0.398 e. The van der Waals surface area contributed by atoms with Crippen LogP contribution in [0.25, 0.3) is 0 Å². The molecule has 0 bridgehead atoms. The van der Waals surface area contributed by atoms with Gasteiger partial charge in [0.2, 0.25) is 0 Å². The summed E-state index contributed by atoms with van der Waals surface area (Å²) in [7, 11) is 0. The Morgan fingerprint density at radius 1 is 1.33 bits per heavy atom. The van der Waals surface area contributed by atoms with Crippen LogP contribution in [-0.2, 0) is 12.7 Å². The third-order valence-corrected chi connectivity index (χ3v) is 2.63. The van der Waals surface area contributed by atoms with Crippen LogP contribution < -0.4 is 5.73 Å². The SMILES string of the molecule is Nc1ccc(Cl)cc1Cn1cc(C(F)(F)F)cn1. The van der Waals surface area contributed by atoms with E-state index in [2.05, 4.69) is 5.10 Å². The molecule has 0 amide bonds. The summed E-state index contributed by atoms with van der Waals surface area (Å²) in [5.74, 6) is 0. The van der Waals surface area contributed by atoms with Crippen LogP contribution in [0, 0.1) is 0 Å². The van der Waals surface area contributed by atoms with E-state index >= 15 is 0 Å². The third-order valence-electron chi connectivity index (χ3n) is 2.40. The highest BCUT2D eigenvalue weighted by molar-refractivity contribution is 6.30. The number of rotatable bonds is 2. The first-order chi connectivity index (χ1) is 8.36. The van der Waals surface area contributed by atoms with Crippen LogP contribution in [0.2, 0.25) is 5.02 Å². The number of nitrogens with zero attached hydrogens (tertiary/aromatic N) is 2. The van der Waals surface area contributed by atoms with Crippen LogP contribution >= 0.6 is 11.6 Å². The molecule has 1 aromatic heterocycles. The Bertz CT molecular complexity index is 563. The van der Waals surface area contributed by atoms with Crippen molar-refractivity contribution in [2.75, 3.05) is 5.73 Å². The summed E-state index contributed by atoms with van der Waals surface area (Å²) < 4.78 is 38.3. The average Bonchev–Trinajstić information content (AvgIpc) is 2.71. The molecule has 7 heteroatoms. The Morgan fingerprint density at radius 3 is 2.67 bits per heavy atom. The van der Waals surface area contributed by atoms with Crippen molar-refractivity contribution >= 4 is 17.3 Å². The molecule has 18 heavy (non-hydrogen) atoms. The van der Waals surface area contributed by atoms with E-state index in [9.17, 15) is 13.2 Å². The fraction of sp³-hybridized carbons (Fsp3) is 0.182. The molecule has 3 nitrogen and oxygen atoms in total. The van der Waals surface area contributed by atoms with Gasteiger partial charge < -0.3 is 5.73 Å². The first kappa shape index (κ1) is 12.8. The van der Waals surface area contributed by atoms with E-state index in [1.165, 1.54) is 4.68 Å². The summed E-state index contributed by atoms with van der Waals surface area (Å²) in [6, 6.07) is 4.82. The molecule has 2 N–H and O–H groups in total. The minimum absolute atomic E-state index is 0.141. The van der Waals surface area contributed by atoms with Gasteiger partial charge in [0.05, 0.1) is 18.3 Å². The van der Waals surface area contributed by atoms with Crippen molar-refractivity contribution in [2.24, 2.45) is 0 Å². The van der Waals surface area contributed by atoms with E-state index in [0.717, 1.165) is 12.4 Å². The van der Waals surface area contributed by atoms with E-state index in [1.807, 2.05) is 0 Å². The summed E-state index contributed by atoms with van der Waals surface area (Å²) in [5.41, 5.74) is 6.01. The molecule has 0 aliphatic carbocycles. The number of halogens is 4. The van der Waals surface area contributed by atoms with Crippen molar-refractivity contribution in [1.82, 2.24) is 9.78 Å². The maximum atomic E-state index is 12.4. The highest BCUT2D eigenvalue weighted by Crippen LogP contribution is 2.28. The lowest BCUT2D eigenvalue weighted by atomic mass is 10.2. The van der Waals surface area contributed by atoms with Gasteiger partial charge in [-0.05, 0) is 23.8 Å². The maximum absolute atomic E-state index is 12.4. The van der Waals surface area contributed by atoms with Crippen LogP contribution in [0.5, 0.6) is 0 Å². The summed E-state index contributed by atoms with van der Waals surface area (Å²) in [5, 5.41) is 4.12. The molecule has 0 saturated heterocycles. The van der Waals surface area contributed by atoms with Crippen LogP contribution in [-0.4, -0.2) is 9.78 Å². The molecule has 0 atom stereocenters. The molecular weight excluding hydrogens is 267 g/mol. The fourth-order valence-corrected chi connectivity index (χ4v) is 1.68. The number of aromatic nitrogens is 2. The number of benzene rings is 1. The highest BCUT2D eigenvalue weighted by Gasteiger charge is 2.32. The lowest BCUT2D eigenvalue weighted by molar-refractivity contribution is -0.137. The predicted octanol–water partition coefficient (Wildman–Crippen LogP) is 3.19. The Kier molecular flexibility index (Phi) is 3.21. The molecular formula is C11H9ClF3N3. The normalized spacial score (nSPS) is 11.8. The maximum Gasteiger partial charge on any atom is 0.419 e. The highest BCUT2D eigenvalue weighted by atomic mass is 35.5. The molecule has 0 saturated carbocycles. The van der Waals surface area contributed by atoms with Gasteiger partial charge in [0.15, 0.2) is 0 Å². The zero-order chi connectivity index (χ0) is 13.3. The lowest BCUT2D eigenvalue weighted by Gasteiger charge is -2.06. The zero-order valence-electron chi connectivity index (χ0n) is 9.08. The lowest BCUT2D eigenvalue weighted by Crippen LogP contribution is -2.05. The Balaban J connectivity index is 2.24. The summed E-state index contributed by atoms with van der Waals surface area (Å²) >= 11 is 5.80. The molecule has 0 aliphatic rings. The second-order valence-electron chi connectivity index (χ2n) is 3.77. The van der Waals surface area contributed by atoms with Crippen molar-refractivity contribution in [3.05, 3.63) is 46.7 Å². The number of hydrogen-bond donors (Lipinski definition) is 1.